The van der Waals surface area contributed by atoms with Crippen molar-refractivity contribution in [2.45, 2.75) is 75.8 Å². The van der Waals surface area contributed by atoms with E-state index in [1.807, 2.05) is 54.0 Å². The molecule has 0 aliphatic carbocycles. The molecule has 0 bridgehead atoms. The maximum Gasteiger partial charge on any atom is 0.273 e. The Hall–Kier alpha value is -8.88. The number of hydrogen-bond donors (Lipinski definition) is 3. The molecule has 0 saturated heterocycles. The van der Waals surface area contributed by atoms with Crippen LogP contribution in [0.15, 0.2) is 149 Å². The normalized spacial score (nSPS) is 11.8. The maximum atomic E-state index is 13.9. The maximum absolute atomic E-state index is 13.9. The summed E-state index contributed by atoms with van der Waals surface area (Å²) in [6.07, 6.45) is 4.05. The molecule has 0 fully saturated rings. The van der Waals surface area contributed by atoms with Crippen molar-refractivity contribution in [3.63, 3.8) is 0 Å². The molecule has 6 heterocycles. The fourth-order valence-corrected chi connectivity index (χ4v) is 11.3. The Labute approximate surface area is 434 Å². The van der Waals surface area contributed by atoms with Crippen LogP contribution >= 0.6 is 0 Å². The van der Waals surface area contributed by atoms with E-state index >= 15 is 0 Å². The molecule has 0 spiro atoms. The van der Waals surface area contributed by atoms with Crippen LogP contribution in [0.1, 0.15) is 61.2 Å². The van der Waals surface area contributed by atoms with Crippen molar-refractivity contribution in [2.24, 2.45) is 0 Å². The van der Waals surface area contributed by atoms with E-state index in [9.17, 15) is 14.7 Å². The van der Waals surface area contributed by atoms with Gasteiger partial charge in [-0.3, -0.25) is 9.59 Å². The Morgan fingerprint density at radius 1 is 0.427 bits per heavy atom. The summed E-state index contributed by atoms with van der Waals surface area (Å²) in [6, 6.07) is 44.2. The number of aromatic hydroxyl groups is 1. The molecule has 8 heteroatoms. The molecular weight excluding hydrogens is 925 g/mol. The number of fused-ring (bicyclic) bond motifs is 14. The fraction of sp³-hybridized carbons (Fsp3) is 0.164. The molecule has 0 aliphatic rings. The Balaban J connectivity index is 0.000000154. The van der Waals surface area contributed by atoms with Gasteiger partial charge in [-0.2, -0.15) is 0 Å². The van der Waals surface area contributed by atoms with Crippen LogP contribution < -0.4 is 15.9 Å². The smallest absolute Gasteiger partial charge is 0.273 e. The molecule has 75 heavy (non-hydrogen) atoms. The van der Waals surface area contributed by atoms with Crippen molar-refractivity contribution in [3.05, 3.63) is 222 Å². The Kier molecular flexibility index (Phi) is 11.1. The number of phenolic OH excluding ortho intramolecular Hbond substituents is 1. The zero-order valence-corrected chi connectivity index (χ0v) is 44.1. The van der Waals surface area contributed by atoms with Crippen LogP contribution in [-0.2, 0) is 6.61 Å². The minimum Gasteiger partial charge on any atom is -0.508 e. The molecule has 3 N–H and O–H groups in total. The molecule has 0 aliphatic heterocycles. The van der Waals surface area contributed by atoms with E-state index in [1.165, 1.54) is 49.9 Å². The third-order valence-corrected chi connectivity index (χ3v) is 16.0. The SMILES string of the molecule is Cc1ccc(-c2c3c4cc(C)c(O)cc4[nH]c(=O)c3n3ccc4cc(C)c(C)cc4c23)cc1C.Cc1ccc(-c2c3c4cc(C)c(OCc5ccccc5)cc4[nH]c(=O)c3n3ccc4cc(C)c(C)cc4c23)cc1C. The van der Waals surface area contributed by atoms with Crippen LogP contribution in [0.2, 0.25) is 0 Å². The Bertz CT molecular complexity index is 4700. The summed E-state index contributed by atoms with van der Waals surface area (Å²) >= 11 is 0. The first-order valence-corrected chi connectivity index (χ1v) is 25.6. The second-order valence-electron chi connectivity index (χ2n) is 20.9. The third kappa shape index (κ3) is 7.65. The van der Waals surface area contributed by atoms with Crippen molar-refractivity contribution >= 4 is 76.2 Å². The molecule has 0 radical (unpaired) electrons. The highest BCUT2D eigenvalue weighted by Crippen LogP contribution is 2.45. The van der Waals surface area contributed by atoms with Gasteiger partial charge >= 0.3 is 0 Å². The summed E-state index contributed by atoms with van der Waals surface area (Å²) < 4.78 is 10.4. The first-order valence-electron chi connectivity index (χ1n) is 25.6. The molecule has 0 unspecified atom stereocenters. The fourth-order valence-electron chi connectivity index (χ4n) is 11.3. The molecule has 8 nitrogen and oxygen atoms in total. The van der Waals surface area contributed by atoms with Gasteiger partial charge in [-0.15, -0.1) is 0 Å². The zero-order valence-electron chi connectivity index (χ0n) is 44.1. The van der Waals surface area contributed by atoms with Gasteiger partial charge in [0.15, 0.2) is 0 Å². The number of nitrogens with one attached hydrogen (secondary N) is 2. The standard InChI is InChI=1S/C37H32N2O2.C30H26N2O2/c1-21-11-12-28(16-22(21)2)33-34-30-18-25(5)32(41-20-26-9-7-6-8-10-26)19-31(30)38-37(40)36(34)39-14-13-27-15-23(3)24(4)17-29(27)35(33)39;1-15-6-7-21(11-16(15)2)26-27-23-13-19(5)25(33)14-24(23)31-30(34)29(27)32-9-8-20-10-17(3)18(4)12-22(20)28(26)32/h6-19H,20H2,1-5H3,(H,38,40);6-14,33H,1-5H3,(H,31,34). The minimum absolute atomic E-state index is 0.112. The van der Waals surface area contributed by atoms with E-state index in [-0.39, 0.29) is 16.9 Å². The number of ether oxygens (including phenoxy) is 1. The molecule has 6 aromatic heterocycles. The first-order chi connectivity index (χ1) is 36.0. The van der Waals surface area contributed by atoms with Gasteiger partial charge in [0.2, 0.25) is 0 Å². The summed E-state index contributed by atoms with van der Waals surface area (Å²) in [7, 11) is 0. The van der Waals surface area contributed by atoms with E-state index < -0.39 is 0 Å². The lowest BCUT2D eigenvalue weighted by molar-refractivity contribution is 0.304. The summed E-state index contributed by atoms with van der Waals surface area (Å²) in [4.78, 5) is 33.6. The van der Waals surface area contributed by atoms with Crippen LogP contribution in [0.4, 0.5) is 0 Å². The van der Waals surface area contributed by atoms with Gasteiger partial charge in [0.1, 0.15) is 29.1 Å². The van der Waals surface area contributed by atoms with Gasteiger partial charge in [-0.05, 0) is 189 Å². The van der Waals surface area contributed by atoms with Crippen molar-refractivity contribution in [1.82, 2.24) is 18.8 Å². The van der Waals surface area contributed by atoms with E-state index in [4.69, 9.17) is 4.74 Å². The number of rotatable bonds is 5. The van der Waals surface area contributed by atoms with Crippen molar-refractivity contribution in [1.29, 1.82) is 0 Å². The summed E-state index contributed by atoms with van der Waals surface area (Å²) in [6.45, 7) is 21.5. The van der Waals surface area contributed by atoms with Gasteiger partial charge in [-0.1, -0.05) is 78.9 Å². The highest BCUT2D eigenvalue weighted by molar-refractivity contribution is 6.23. The van der Waals surface area contributed by atoms with Gasteiger partial charge in [0.25, 0.3) is 11.1 Å². The monoisotopic (exact) mass is 982 g/mol. The summed E-state index contributed by atoms with van der Waals surface area (Å²) in [5.74, 6) is 0.944. The number of pyridine rings is 4. The molecule has 13 rings (SSSR count). The van der Waals surface area contributed by atoms with E-state index in [1.54, 1.807) is 6.07 Å². The topological polar surface area (TPSA) is 104 Å². The second-order valence-corrected chi connectivity index (χ2v) is 20.9. The lowest BCUT2D eigenvalue weighted by Crippen LogP contribution is -2.08. The Morgan fingerprint density at radius 2 is 0.867 bits per heavy atom. The van der Waals surface area contributed by atoms with E-state index in [2.05, 4.69) is 168 Å². The minimum atomic E-state index is -0.168. The van der Waals surface area contributed by atoms with Crippen molar-refractivity contribution in [2.75, 3.05) is 0 Å². The van der Waals surface area contributed by atoms with E-state index in [0.29, 0.717) is 23.2 Å². The largest absolute Gasteiger partial charge is 0.508 e. The highest BCUT2D eigenvalue weighted by atomic mass is 16.5. The van der Waals surface area contributed by atoms with Gasteiger partial charge in [0, 0.05) is 68.0 Å². The lowest BCUT2D eigenvalue weighted by Gasteiger charge is -2.12. The summed E-state index contributed by atoms with van der Waals surface area (Å²) in [5, 5.41) is 18.8. The number of aryl methyl sites for hydroxylation is 10. The van der Waals surface area contributed by atoms with Gasteiger partial charge < -0.3 is 28.6 Å². The van der Waals surface area contributed by atoms with Gasteiger partial charge in [0.05, 0.1) is 22.1 Å². The van der Waals surface area contributed by atoms with Crippen LogP contribution in [0.25, 0.3) is 98.4 Å². The Morgan fingerprint density at radius 3 is 1.36 bits per heavy atom. The van der Waals surface area contributed by atoms with E-state index in [0.717, 1.165) is 98.9 Å². The van der Waals surface area contributed by atoms with Crippen molar-refractivity contribution < 1.29 is 9.84 Å². The predicted octanol–water partition coefficient (Wildman–Crippen LogP) is 15.9. The predicted molar refractivity (Wildman–Crippen MR) is 312 cm³/mol. The number of phenols is 1. The van der Waals surface area contributed by atoms with Gasteiger partial charge in [-0.25, -0.2) is 0 Å². The quantitative estimate of drug-likeness (QED) is 0.160. The average molecular weight is 983 g/mol. The molecule has 0 saturated carbocycles. The molecule has 370 valence electrons. The van der Waals surface area contributed by atoms with Crippen LogP contribution in [0, 0.1) is 69.2 Å². The second kappa shape index (κ2) is 17.7. The van der Waals surface area contributed by atoms with Crippen LogP contribution in [0.5, 0.6) is 11.5 Å². The van der Waals surface area contributed by atoms with Crippen molar-refractivity contribution in [3.8, 4) is 33.8 Å². The zero-order chi connectivity index (χ0) is 52.3. The lowest BCUT2D eigenvalue weighted by atomic mass is 9.94. The molecule has 13 aromatic rings. The average Bonchev–Trinajstić information content (AvgIpc) is 3.96. The summed E-state index contributed by atoms with van der Waals surface area (Å²) in [5.41, 5.74) is 21.6. The number of nitrogens with zero attached hydrogens (tertiary/aromatic N) is 2. The highest BCUT2D eigenvalue weighted by Gasteiger charge is 2.25. The molecule has 7 aromatic carbocycles. The number of aromatic nitrogens is 4. The molecular formula is C67H58N4O4. The molecule has 0 atom stereocenters. The first kappa shape index (κ1) is 47.1. The van der Waals surface area contributed by atoms with Crippen LogP contribution in [-0.4, -0.2) is 23.9 Å². The molecule has 0 amide bonds. The van der Waals surface area contributed by atoms with Crippen LogP contribution in [0.3, 0.4) is 0 Å². The number of H-pyrrole nitrogens is 2. The number of benzene rings is 7. The number of aromatic amines is 2. The number of hydrogen-bond acceptors (Lipinski definition) is 4. The third-order valence-electron chi connectivity index (χ3n) is 16.0.